The molecule has 0 atom stereocenters. The van der Waals surface area contributed by atoms with Crippen molar-refractivity contribution >= 4 is 5.91 Å². The lowest BCUT2D eigenvalue weighted by atomic mass is 10.3. The van der Waals surface area contributed by atoms with Crippen molar-refractivity contribution in [2.75, 3.05) is 13.1 Å². The van der Waals surface area contributed by atoms with Crippen molar-refractivity contribution < 1.29 is 4.79 Å². The summed E-state index contributed by atoms with van der Waals surface area (Å²) in [4.78, 5) is 12.6. The van der Waals surface area contributed by atoms with Crippen LogP contribution in [-0.4, -0.2) is 23.9 Å². The molecule has 2 heteroatoms. The van der Waals surface area contributed by atoms with E-state index in [2.05, 4.69) is 6.58 Å². The maximum absolute atomic E-state index is 10.8. The molecule has 2 nitrogen and oxygen atoms in total. The molecule has 0 spiro atoms. The Kier molecular flexibility index (Phi) is 4.63. The van der Waals surface area contributed by atoms with Crippen molar-refractivity contribution in [1.82, 2.24) is 4.90 Å². The molecule has 0 fully saturated rings. The van der Waals surface area contributed by atoms with Gasteiger partial charge in [-0.3, -0.25) is 4.79 Å². The molecule has 0 unspecified atom stereocenters. The Morgan fingerprint density at radius 1 is 1.70 bits per heavy atom. The van der Waals surface area contributed by atoms with Crippen LogP contribution in [0.2, 0.25) is 0 Å². The first-order valence-electron chi connectivity index (χ1n) is 3.58. The number of hydrogen-bond donors (Lipinski definition) is 0. The molecule has 0 heterocycles. The Labute approximate surface area is 62.5 Å². The van der Waals surface area contributed by atoms with Crippen LogP contribution in [-0.2, 0) is 4.79 Å². The summed E-state index contributed by atoms with van der Waals surface area (Å²) in [6, 6.07) is 0. The van der Waals surface area contributed by atoms with Gasteiger partial charge in [-0.15, -0.1) is 6.58 Å². The topological polar surface area (TPSA) is 20.3 Å². The van der Waals surface area contributed by atoms with E-state index in [4.69, 9.17) is 0 Å². The lowest BCUT2D eigenvalue weighted by Crippen LogP contribution is -2.28. The van der Waals surface area contributed by atoms with E-state index < -0.39 is 0 Å². The zero-order valence-electron chi connectivity index (χ0n) is 6.76. The minimum atomic E-state index is 0.143. The van der Waals surface area contributed by atoms with E-state index in [1.165, 1.54) is 0 Å². The predicted octanol–water partition coefficient (Wildman–Crippen LogP) is 1.43. The molecule has 0 saturated carbocycles. The molecule has 0 aromatic carbocycles. The van der Waals surface area contributed by atoms with Gasteiger partial charge in [0.05, 0.1) is 0 Å². The molecule has 0 aromatic rings. The van der Waals surface area contributed by atoms with Crippen molar-refractivity contribution in [2.45, 2.75) is 20.3 Å². The van der Waals surface area contributed by atoms with E-state index in [9.17, 15) is 4.79 Å². The molecule has 58 valence electrons. The Hall–Kier alpha value is -0.790. The summed E-state index contributed by atoms with van der Waals surface area (Å²) in [7, 11) is 0. The summed E-state index contributed by atoms with van der Waals surface area (Å²) in [6.45, 7) is 8.75. The predicted molar refractivity (Wildman–Crippen MR) is 42.7 cm³/mol. The number of carbonyl (C=O) groups is 1. The third kappa shape index (κ3) is 3.28. The van der Waals surface area contributed by atoms with Crippen LogP contribution in [0.15, 0.2) is 12.7 Å². The zero-order chi connectivity index (χ0) is 7.98. The quantitative estimate of drug-likeness (QED) is 0.542. The van der Waals surface area contributed by atoms with Crippen molar-refractivity contribution in [2.24, 2.45) is 0 Å². The monoisotopic (exact) mass is 141 g/mol. The zero-order valence-corrected chi connectivity index (χ0v) is 6.76. The van der Waals surface area contributed by atoms with Gasteiger partial charge in [-0.1, -0.05) is 6.08 Å². The van der Waals surface area contributed by atoms with Crippen molar-refractivity contribution in [3.63, 3.8) is 0 Å². The van der Waals surface area contributed by atoms with Gasteiger partial charge < -0.3 is 4.90 Å². The first-order chi connectivity index (χ1) is 4.72. The maximum Gasteiger partial charge on any atom is 0.219 e. The highest BCUT2D eigenvalue weighted by Gasteiger charge is 2.02. The van der Waals surface area contributed by atoms with E-state index in [0.29, 0.717) is 0 Å². The average molecular weight is 141 g/mol. The van der Waals surface area contributed by atoms with E-state index in [0.717, 1.165) is 19.5 Å². The molecular formula is C8H15NO. The van der Waals surface area contributed by atoms with Gasteiger partial charge in [0, 0.05) is 20.0 Å². The first-order valence-corrected chi connectivity index (χ1v) is 3.58. The Morgan fingerprint density at radius 3 is 2.60 bits per heavy atom. The Morgan fingerprint density at radius 2 is 2.30 bits per heavy atom. The maximum atomic E-state index is 10.8. The van der Waals surface area contributed by atoms with Crippen LogP contribution in [0.5, 0.6) is 0 Å². The van der Waals surface area contributed by atoms with E-state index in [1.807, 2.05) is 13.0 Å². The third-order valence-electron chi connectivity index (χ3n) is 1.43. The molecule has 0 aliphatic rings. The summed E-state index contributed by atoms with van der Waals surface area (Å²) < 4.78 is 0. The highest BCUT2D eigenvalue weighted by molar-refractivity contribution is 5.73. The SMILES string of the molecule is C=CCCN(CC)C(C)=O. The normalized spacial score (nSPS) is 9.00. The van der Waals surface area contributed by atoms with Crippen LogP contribution >= 0.6 is 0 Å². The van der Waals surface area contributed by atoms with Crippen LogP contribution in [0.4, 0.5) is 0 Å². The molecule has 0 aliphatic carbocycles. The summed E-state index contributed by atoms with van der Waals surface area (Å²) in [6.07, 6.45) is 2.71. The molecule has 0 radical (unpaired) electrons. The molecule has 0 bridgehead atoms. The lowest BCUT2D eigenvalue weighted by molar-refractivity contribution is -0.128. The summed E-state index contributed by atoms with van der Waals surface area (Å²) in [5.74, 6) is 0.143. The summed E-state index contributed by atoms with van der Waals surface area (Å²) in [5.41, 5.74) is 0. The molecule has 1 amide bonds. The second-order valence-electron chi connectivity index (χ2n) is 2.18. The Bertz CT molecular complexity index is 120. The minimum Gasteiger partial charge on any atom is -0.343 e. The van der Waals surface area contributed by atoms with Gasteiger partial charge in [0.1, 0.15) is 0 Å². The fourth-order valence-corrected chi connectivity index (χ4v) is 0.785. The first kappa shape index (κ1) is 9.21. The molecular weight excluding hydrogens is 126 g/mol. The number of amides is 1. The molecule has 0 aliphatic heterocycles. The van der Waals surface area contributed by atoms with E-state index in [1.54, 1.807) is 11.8 Å². The second kappa shape index (κ2) is 5.03. The number of rotatable bonds is 4. The highest BCUT2D eigenvalue weighted by atomic mass is 16.2. The van der Waals surface area contributed by atoms with Gasteiger partial charge in [0.15, 0.2) is 0 Å². The van der Waals surface area contributed by atoms with Crippen molar-refractivity contribution in [3.05, 3.63) is 12.7 Å². The van der Waals surface area contributed by atoms with E-state index >= 15 is 0 Å². The molecule has 0 aromatic heterocycles. The second-order valence-corrected chi connectivity index (χ2v) is 2.18. The molecule has 0 rings (SSSR count). The van der Waals surface area contributed by atoms with Crippen LogP contribution < -0.4 is 0 Å². The van der Waals surface area contributed by atoms with E-state index in [-0.39, 0.29) is 5.91 Å². The fourth-order valence-electron chi connectivity index (χ4n) is 0.785. The standard InChI is InChI=1S/C8H15NO/c1-4-6-7-9(5-2)8(3)10/h4H,1,5-7H2,2-3H3. The van der Waals surface area contributed by atoms with Gasteiger partial charge in [-0.25, -0.2) is 0 Å². The van der Waals surface area contributed by atoms with Gasteiger partial charge in [0.25, 0.3) is 0 Å². The van der Waals surface area contributed by atoms with Crippen LogP contribution in [0.1, 0.15) is 20.3 Å². The van der Waals surface area contributed by atoms with Gasteiger partial charge in [-0.2, -0.15) is 0 Å². The smallest absolute Gasteiger partial charge is 0.219 e. The van der Waals surface area contributed by atoms with Gasteiger partial charge in [-0.05, 0) is 13.3 Å². The Balaban J connectivity index is 3.60. The fraction of sp³-hybridized carbons (Fsp3) is 0.625. The third-order valence-corrected chi connectivity index (χ3v) is 1.43. The minimum absolute atomic E-state index is 0.143. The summed E-state index contributed by atoms with van der Waals surface area (Å²) in [5, 5.41) is 0. The molecule has 10 heavy (non-hydrogen) atoms. The number of nitrogens with zero attached hydrogens (tertiary/aromatic N) is 1. The number of hydrogen-bond acceptors (Lipinski definition) is 1. The van der Waals surface area contributed by atoms with Crippen molar-refractivity contribution in [1.29, 1.82) is 0 Å². The summed E-state index contributed by atoms with van der Waals surface area (Å²) >= 11 is 0. The van der Waals surface area contributed by atoms with Crippen LogP contribution in [0, 0.1) is 0 Å². The van der Waals surface area contributed by atoms with Gasteiger partial charge >= 0.3 is 0 Å². The largest absolute Gasteiger partial charge is 0.343 e. The highest BCUT2D eigenvalue weighted by Crippen LogP contribution is 1.91. The molecule has 0 N–H and O–H groups in total. The van der Waals surface area contributed by atoms with Crippen molar-refractivity contribution in [3.8, 4) is 0 Å². The lowest BCUT2D eigenvalue weighted by Gasteiger charge is -2.17. The van der Waals surface area contributed by atoms with Crippen LogP contribution in [0.25, 0.3) is 0 Å². The number of carbonyl (C=O) groups excluding carboxylic acids is 1. The molecule has 0 saturated heterocycles. The van der Waals surface area contributed by atoms with Gasteiger partial charge in [0.2, 0.25) is 5.91 Å². The van der Waals surface area contributed by atoms with Crippen LogP contribution in [0.3, 0.4) is 0 Å². The average Bonchev–Trinajstić information content (AvgIpc) is 1.89.